The van der Waals surface area contributed by atoms with Crippen LogP contribution in [0.25, 0.3) is 17.0 Å². The number of benzene rings is 2. The molecule has 0 saturated carbocycles. The van der Waals surface area contributed by atoms with Crippen LogP contribution < -0.4 is 0 Å². The molecule has 0 spiro atoms. The van der Waals surface area contributed by atoms with Crippen molar-refractivity contribution < 1.29 is 0 Å². The minimum absolute atomic E-state index is 0.162. The molecule has 1 atom stereocenters. The molecule has 1 heterocycles. The first-order valence-corrected chi connectivity index (χ1v) is 7.34. The van der Waals surface area contributed by atoms with Crippen LogP contribution >= 0.6 is 0 Å². The second-order valence-electron chi connectivity index (χ2n) is 5.70. The van der Waals surface area contributed by atoms with Gasteiger partial charge in [-0.3, -0.25) is 4.98 Å². The van der Waals surface area contributed by atoms with Gasteiger partial charge in [0.25, 0.3) is 0 Å². The lowest BCUT2D eigenvalue weighted by molar-refractivity contribution is 0.973. The molecule has 104 valence electrons. The van der Waals surface area contributed by atoms with E-state index >= 15 is 0 Å². The van der Waals surface area contributed by atoms with Crippen molar-refractivity contribution in [2.45, 2.75) is 12.8 Å². The van der Waals surface area contributed by atoms with Gasteiger partial charge in [0.05, 0.1) is 17.1 Å². The maximum absolute atomic E-state index is 9.58. The monoisotopic (exact) mass is 282 g/mol. The average Bonchev–Trinajstić information content (AvgIpc) is 2.89. The van der Waals surface area contributed by atoms with E-state index in [1.807, 2.05) is 18.2 Å². The molecule has 3 aromatic rings. The normalized spacial score (nSPS) is 16.2. The Morgan fingerprint density at radius 3 is 2.77 bits per heavy atom. The van der Waals surface area contributed by atoms with Gasteiger partial charge in [0, 0.05) is 17.5 Å². The number of hydrogen-bond acceptors (Lipinski definition) is 2. The van der Waals surface area contributed by atoms with Crippen molar-refractivity contribution in [2.24, 2.45) is 0 Å². The Hall–Kier alpha value is -2.92. The molecule has 2 nitrogen and oxygen atoms in total. The number of nitriles is 1. The van der Waals surface area contributed by atoms with E-state index in [-0.39, 0.29) is 5.92 Å². The van der Waals surface area contributed by atoms with Crippen LogP contribution in [-0.4, -0.2) is 4.98 Å². The summed E-state index contributed by atoms with van der Waals surface area (Å²) in [6.07, 6.45) is 3.98. The molecule has 22 heavy (non-hydrogen) atoms. The van der Waals surface area contributed by atoms with Gasteiger partial charge < -0.3 is 0 Å². The van der Waals surface area contributed by atoms with E-state index in [4.69, 9.17) is 0 Å². The van der Waals surface area contributed by atoms with E-state index in [0.717, 1.165) is 16.5 Å². The van der Waals surface area contributed by atoms with Crippen LogP contribution in [0.15, 0.2) is 60.3 Å². The first-order valence-electron chi connectivity index (χ1n) is 7.34. The third kappa shape index (κ3) is 1.83. The lowest BCUT2D eigenvalue weighted by Crippen LogP contribution is -2.03. The third-order valence-corrected chi connectivity index (χ3v) is 4.35. The zero-order valence-corrected chi connectivity index (χ0v) is 12.2. The first kappa shape index (κ1) is 12.8. The van der Waals surface area contributed by atoms with E-state index in [1.165, 1.54) is 16.7 Å². The van der Waals surface area contributed by atoms with Crippen LogP contribution in [-0.2, 0) is 0 Å². The molecular weight excluding hydrogens is 268 g/mol. The van der Waals surface area contributed by atoms with Crippen LogP contribution in [0, 0.1) is 11.3 Å². The number of pyridine rings is 1. The number of nitrogens with zero attached hydrogens (tertiary/aromatic N) is 2. The summed E-state index contributed by atoms with van der Waals surface area (Å²) in [4.78, 5) is 4.36. The summed E-state index contributed by atoms with van der Waals surface area (Å²) < 4.78 is 0. The van der Waals surface area contributed by atoms with Crippen molar-refractivity contribution >= 4 is 17.0 Å². The summed E-state index contributed by atoms with van der Waals surface area (Å²) in [5.74, 6) is 0.162. The molecule has 0 fully saturated rings. The molecule has 0 radical (unpaired) electrons. The molecule has 2 aromatic carbocycles. The van der Waals surface area contributed by atoms with Crippen LogP contribution in [0.1, 0.15) is 35.1 Å². The molecule has 1 unspecified atom stereocenters. The van der Waals surface area contributed by atoms with Crippen molar-refractivity contribution in [3.8, 4) is 6.07 Å². The molecule has 0 amide bonds. The zero-order valence-electron chi connectivity index (χ0n) is 12.2. The predicted molar refractivity (Wildman–Crippen MR) is 88.4 cm³/mol. The van der Waals surface area contributed by atoms with Gasteiger partial charge in [-0.25, -0.2) is 0 Å². The van der Waals surface area contributed by atoms with Crippen molar-refractivity contribution in [1.29, 1.82) is 5.26 Å². The van der Waals surface area contributed by atoms with Crippen LogP contribution in [0.5, 0.6) is 0 Å². The van der Waals surface area contributed by atoms with Gasteiger partial charge in [-0.2, -0.15) is 5.26 Å². The topological polar surface area (TPSA) is 36.7 Å². The Balaban J connectivity index is 1.99. The highest BCUT2D eigenvalue weighted by atomic mass is 14.6. The summed E-state index contributed by atoms with van der Waals surface area (Å²) in [5.41, 5.74) is 6.46. The predicted octanol–water partition coefficient (Wildman–Crippen LogP) is 4.66. The second-order valence-corrected chi connectivity index (χ2v) is 5.70. The standard InChI is InChI=1S/C20H14N2/c1-13-9-14-5-2-3-7-17(14)20(13)18-10-15-6-4-8-22-19(15)11-16(18)12-21/h2-11,20H,1H3. The number of fused-ring (bicyclic) bond motifs is 2. The van der Waals surface area contributed by atoms with Crippen molar-refractivity contribution in [3.63, 3.8) is 0 Å². The number of hydrogen-bond donors (Lipinski definition) is 0. The highest BCUT2D eigenvalue weighted by Gasteiger charge is 2.26. The van der Waals surface area contributed by atoms with Crippen LogP contribution in [0.4, 0.5) is 0 Å². The summed E-state index contributed by atoms with van der Waals surface area (Å²) in [6.45, 7) is 2.14. The lowest BCUT2D eigenvalue weighted by Gasteiger charge is -2.17. The minimum Gasteiger partial charge on any atom is -0.256 e. The van der Waals surface area contributed by atoms with Crippen LogP contribution in [0.3, 0.4) is 0 Å². The largest absolute Gasteiger partial charge is 0.256 e. The maximum Gasteiger partial charge on any atom is 0.0995 e. The SMILES string of the molecule is CC1=Cc2ccccc2C1c1cc2cccnc2cc1C#N. The van der Waals surface area contributed by atoms with Gasteiger partial charge in [-0.05, 0) is 41.8 Å². The Kier molecular flexibility index (Phi) is 2.80. The summed E-state index contributed by atoms with van der Waals surface area (Å²) >= 11 is 0. The first-order chi connectivity index (χ1) is 10.8. The van der Waals surface area contributed by atoms with Crippen molar-refractivity contribution in [1.82, 2.24) is 4.98 Å². The minimum atomic E-state index is 0.162. The van der Waals surface area contributed by atoms with Crippen molar-refractivity contribution in [2.75, 3.05) is 0 Å². The lowest BCUT2D eigenvalue weighted by atomic mass is 9.85. The number of rotatable bonds is 1. The van der Waals surface area contributed by atoms with Gasteiger partial charge >= 0.3 is 0 Å². The fourth-order valence-corrected chi connectivity index (χ4v) is 3.37. The summed E-state index contributed by atoms with van der Waals surface area (Å²) in [6, 6.07) is 18.8. The molecule has 1 aromatic heterocycles. The fraction of sp³-hybridized carbons (Fsp3) is 0.100. The van der Waals surface area contributed by atoms with Gasteiger partial charge in [0.1, 0.15) is 0 Å². The van der Waals surface area contributed by atoms with Gasteiger partial charge in [-0.1, -0.05) is 42.0 Å². The quantitative estimate of drug-likeness (QED) is 0.651. The second kappa shape index (κ2) is 4.82. The third-order valence-electron chi connectivity index (χ3n) is 4.35. The van der Waals surface area contributed by atoms with Crippen molar-refractivity contribution in [3.05, 3.63) is 82.6 Å². The van der Waals surface area contributed by atoms with E-state index in [2.05, 4.69) is 54.4 Å². The smallest absolute Gasteiger partial charge is 0.0995 e. The molecular formula is C20H14N2. The molecule has 4 rings (SSSR count). The molecule has 0 bridgehead atoms. The molecule has 0 saturated heterocycles. The van der Waals surface area contributed by atoms with Gasteiger partial charge in [-0.15, -0.1) is 0 Å². The molecule has 0 aliphatic heterocycles. The van der Waals surface area contributed by atoms with Gasteiger partial charge in [0.2, 0.25) is 0 Å². The Bertz CT molecular complexity index is 961. The summed E-state index contributed by atoms with van der Waals surface area (Å²) in [7, 11) is 0. The number of allylic oxidation sites excluding steroid dienone is 1. The molecule has 0 N–H and O–H groups in total. The van der Waals surface area contributed by atoms with E-state index in [9.17, 15) is 5.26 Å². The molecule has 1 aliphatic carbocycles. The van der Waals surface area contributed by atoms with E-state index in [0.29, 0.717) is 5.56 Å². The van der Waals surface area contributed by atoms with Crippen LogP contribution in [0.2, 0.25) is 0 Å². The Morgan fingerprint density at radius 1 is 1.05 bits per heavy atom. The zero-order chi connectivity index (χ0) is 15.1. The molecule has 1 aliphatic rings. The highest BCUT2D eigenvalue weighted by molar-refractivity contribution is 5.83. The Labute approximate surface area is 129 Å². The highest BCUT2D eigenvalue weighted by Crippen LogP contribution is 2.42. The number of aromatic nitrogens is 1. The molecule has 2 heteroatoms. The van der Waals surface area contributed by atoms with E-state index < -0.39 is 0 Å². The maximum atomic E-state index is 9.58. The fourth-order valence-electron chi connectivity index (χ4n) is 3.37. The van der Waals surface area contributed by atoms with E-state index in [1.54, 1.807) is 6.20 Å². The summed E-state index contributed by atoms with van der Waals surface area (Å²) in [5, 5.41) is 10.7. The Morgan fingerprint density at radius 2 is 1.91 bits per heavy atom. The van der Waals surface area contributed by atoms with Gasteiger partial charge in [0.15, 0.2) is 0 Å². The average molecular weight is 282 g/mol.